The van der Waals surface area contributed by atoms with Gasteiger partial charge in [-0.2, -0.15) is 0 Å². The molecular formula is C40H73NO5. The molecule has 0 saturated carbocycles. The monoisotopic (exact) mass is 648 g/mol. The van der Waals surface area contributed by atoms with Gasteiger partial charge in [0.1, 0.15) is 12.6 Å². The second kappa shape index (κ2) is 35.7. The molecule has 268 valence electrons. The van der Waals surface area contributed by atoms with Crippen molar-refractivity contribution in [3.8, 4) is 0 Å². The Labute approximate surface area is 284 Å². The second-order valence-electron chi connectivity index (χ2n) is 13.2. The number of carboxylic acid groups (broad SMARTS) is 1. The van der Waals surface area contributed by atoms with Crippen molar-refractivity contribution in [2.24, 2.45) is 0 Å². The number of amides is 1. The molecule has 0 aliphatic heterocycles. The van der Waals surface area contributed by atoms with Crippen LogP contribution in [0.25, 0.3) is 0 Å². The third kappa shape index (κ3) is 34.8. The molecule has 0 saturated heterocycles. The molecule has 0 fully saturated rings. The zero-order valence-corrected chi connectivity index (χ0v) is 30.2. The van der Waals surface area contributed by atoms with Crippen LogP contribution in [0, 0.1) is 0 Å². The molecule has 1 atom stereocenters. The number of hydrogen-bond donors (Lipinski definition) is 2. The Bertz CT molecular complexity index is 763. The maximum atomic E-state index is 12.7. The molecule has 0 aromatic heterocycles. The molecule has 0 aromatic rings. The minimum absolute atomic E-state index is 0.0245. The van der Waals surface area contributed by atoms with Gasteiger partial charge in [0.15, 0.2) is 0 Å². The number of allylic oxidation sites excluding steroid dienone is 4. The van der Waals surface area contributed by atoms with Crippen molar-refractivity contribution in [3.63, 3.8) is 0 Å². The quantitative estimate of drug-likeness (QED) is 0.0405. The summed E-state index contributed by atoms with van der Waals surface area (Å²) in [5, 5.41) is 11.1. The van der Waals surface area contributed by atoms with Crippen LogP contribution in [0.4, 0.5) is 0 Å². The van der Waals surface area contributed by atoms with E-state index in [0.717, 1.165) is 77.0 Å². The zero-order valence-electron chi connectivity index (χ0n) is 30.2. The van der Waals surface area contributed by atoms with Crippen molar-refractivity contribution in [2.75, 3.05) is 6.54 Å². The van der Waals surface area contributed by atoms with Crippen molar-refractivity contribution < 1.29 is 24.2 Å². The summed E-state index contributed by atoms with van der Waals surface area (Å²) in [5.74, 6) is -1.24. The van der Waals surface area contributed by atoms with E-state index in [2.05, 4.69) is 43.5 Å². The summed E-state index contributed by atoms with van der Waals surface area (Å²) in [5.41, 5.74) is 0. The summed E-state index contributed by atoms with van der Waals surface area (Å²) >= 11 is 0. The van der Waals surface area contributed by atoms with Crippen LogP contribution in [-0.2, 0) is 19.1 Å². The second-order valence-corrected chi connectivity index (χ2v) is 13.2. The molecule has 0 rings (SSSR count). The topological polar surface area (TPSA) is 92.7 Å². The van der Waals surface area contributed by atoms with E-state index in [1.807, 2.05) is 0 Å². The molecule has 0 spiro atoms. The van der Waals surface area contributed by atoms with E-state index in [4.69, 9.17) is 9.84 Å². The number of ether oxygens (including phenoxy) is 1. The number of rotatable bonds is 35. The number of hydrogen-bond acceptors (Lipinski definition) is 4. The fourth-order valence-electron chi connectivity index (χ4n) is 5.73. The molecular weight excluding hydrogens is 574 g/mol. The number of carboxylic acids is 1. The van der Waals surface area contributed by atoms with Crippen LogP contribution in [0.3, 0.4) is 0 Å². The van der Waals surface area contributed by atoms with Gasteiger partial charge in [-0.25, -0.2) is 0 Å². The average molecular weight is 648 g/mol. The number of carbonyl (C=O) groups is 3. The van der Waals surface area contributed by atoms with Crippen molar-refractivity contribution >= 4 is 17.8 Å². The van der Waals surface area contributed by atoms with Gasteiger partial charge in [-0.3, -0.25) is 14.4 Å². The van der Waals surface area contributed by atoms with E-state index in [-0.39, 0.29) is 24.5 Å². The Balaban J connectivity index is 4.19. The minimum atomic E-state index is -1.02. The van der Waals surface area contributed by atoms with Gasteiger partial charge >= 0.3 is 11.9 Å². The lowest BCUT2D eigenvalue weighted by Crippen LogP contribution is -2.28. The number of nitrogens with one attached hydrogen (secondary N) is 1. The van der Waals surface area contributed by atoms with Crippen LogP contribution in [0.15, 0.2) is 24.3 Å². The van der Waals surface area contributed by atoms with E-state index in [1.165, 1.54) is 96.3 Å². The summed E-state index contributed by atoms with van der Waals surface area (Å²) in [4.78, 5) is 34.9. The highest BCUT2D eigenvalue weighted by Gasteiger charge is 2.14. The molecule has 1 unspecified atom stereocenters. The minimum Gasteiger partial charge on any atom is -0.480 e. The van der Waals surface area contributed by atoms with Gasteiger partial charge in [0, 0.05) is 12.8 Å². The van der Waals surface area contributed by atoms with Gasteiger partial charge in [-0.15, -0.1) is 0 Å². The Morgan fingerprint density at radius 1 is 0.565 bits per heavy atom. The van der Waals surface area contributed by atoms with Crippen LogP contribution in [0.2, 0.25) is 0 Å². The SMILES string of the molecule is CCC/C=C\C/C=C\CCCCCCCC(=O)OC(CCCCCCCCCCCCC)CCCCCCCC(=O)NCC(=O)O. The lowest BCUT2D eigenvalue weighted by Gasteiger charge is -2.18. The highest BCUT2D eigenvalue weighted by Crippen LogP contribution is 2.19. The average Bonchev–Trinajstić information content (AvgIpc) is 3.04. The molecule has 0 heterocycles. The largest absolute Gasteiger partial charge is 0.480 e. The van der Waals surface area contributed by atoms with Gasteiger partial charge < -0.3 is 15.2 Å². The third-order valence-corrected chi connectivity index (χ3v) is 8.61. The molecule has 6 heteroatoms. The Morgan fingerprint density at radius 3 is 1.59 bits per heavy atom. The van der Waals surface area contributed by atoms with Gasteiger partial charge in [0.25, 0.3) is 0 Å². The van der Waals surface area contributed by atoms with Crippen molar-refractivity contribution in [1.29, 1.82) is 0 Å². The molecule has 0 aliphatic carbocycles. The molecule has 0 aliphatic rings. The highest BCUT2D eigenvalue weighted by molar-refractivity contribution is 5.80. The fourth-order valence-corrected chi connectivity index (χ4v) is 5.73. The number of carbonyl (C=O) groups excluding carboxylic acids is 2. The van der Waals surface area contributed by atoms with Crippen molar-refractivity contribution in [1.82, 2.24) is 5.32 Å². The van der Waals surface area contributed by atoms with Crippen molar-refractivity contribution in [3.05, 3.63) is 24.3 Å². The first-order chi connectivity index (χ1) is 22.5. The first kappa shape index (κ1) is 43.9. The summed E-state index contributed by atoms with van der Waals surface area (Å²) in [6.07, 6.45) is 41.5. The molecule has 1 amide bonds. The number of aliphatic carboxylic acids is 1. The van der Waals surface area contributed by atoms with E-state index >= 15 is 0 Å². The summed E-state index contributed by atoms with van der Waals surface area (Å²) in [6.45, 7) is 4.16. The lowest BCUT2D eigenvalue weighted by molar-refractivity contribution is -0.150. The van der Waals surface area contributed by atoms with Crippen LogP contribution in [0.1, 0.15) is 200 Å². The van der Waals surface area contributed by atoms with E-state index in [1.54, 1.807) is 0 Å². The summed E-state index contributed by atoms with van der Waals surface area (Å²) in [6, 6.07) is 0. The third-order valence-electron chi connectivity index (χ3n) is 8.61. The molecule has 6 nitrogen and oxygen atoms in total. The highest BCUT2D eigenvalue weighted by atomic mass is 16.5. The van der Waals surface area contributed by atoms with Crippen molar-refractivity contribution in [2.45, 2.75) is 206 Å². The maximum Gasteiger partial charge on any atom is 0.322 e. The van der Waals surface area contributed by atoms with E-state index < -0.39 is 5.97 Å². The number of esters is 1. The van der Waals surface area contributed by atoms with E-state index in [0.29, 0.717) is 12.8 Å². The Morgan fingerprint density at radius 2 is 1.04 bits per heavy atom. The normalized spacial score (nSPS) is 12.2. The maximum absolute atomic E-state index is 12.7. The van der Waals surface area contributed by atoms with Crippen LogP contribution in [-0.4, -0.2) is 35.6 Å². The number of unbranched alkanes of at least 4 members (excludes halogenated alkanes) is 20. The predicted octanol–water partition coefficient (Wildman–Crippen LogP) is 11.6. The zero-order chi connectivity index (χ0) is 33.8. The van der Waals surface area contributed by atoms with Gasteiger partial charge in [-0.1, -0.05) is 147 Å². The summed E-state index contributed by atoms with van der Waals surface area (Å²) < 4.78 is 6.00. The van der Waals surface area contributed by atoms with Crippen LogP contribution < -0.4 is 5.32 Å². The van der Waals surface area contributed by atoms with Gasteiger partial charge in [-0.05, 0) is 64.2 Å². The van der Waals surface area contributed by atoms with Gasteiger partial charge in [0.05, 0.1) is 0 Å². The fraction of sp³-hybridized carbons (Fsp3) is 0.825. The van der Waals surface area contributed by atoms with E-state index in [9.17, 15) is 14.4 Å². The smallest absolute Gasteiger partial charge is 0.322 e. The lowest BCUT2D eigenvalue weighted by atomic mass is 10.0. The standard InChI is InChI=1S/C40H73NO5/c1-3-5-7-9-11-13-15-16-18-20-22-27-31-35-40(45)46-37(32-28-24-21-19-17-14-12-10-8-6-4-2)33-29-25-23-26-30-34-38(42)41-36-39(43)44/h7,9,13,15,37H,3-6,8,10-12,14,16-36H2,1-2H3,(H,41,42)(H,43,44)/b9-7-,15-13-. The van der Waals surface area contributed by atoms with Crippen LogP contribution >= 0.6 is 0 Å². The molecule has 0 bridgehead atoms. The van der Waals surface area contributed by atoms with Gasteiger partial charge in [0.2, 0.25) is 5.91 Å². The molecule has 46 heavy (non-hydrogen) atoms. The Hall–Kier alpha value is -2.11. The Kier molecular flexibility index (Phi) is 34.1. The first-order valence-electron chi connectivity index (χ1n) is 19.5. The predicted molar refractivity (Wildman–Crippen MR) is 194 cm³/mol. The van der Waals surface area contributed by atoms with Crippen LogP contribution in [0.5, 0.6) is 0 Å². The summed E-state index contributed by atoms with van der Waals surface area (Å²) in [7, 11) is 0. The first-order valence-corrected chi connectivity index (χ1v) is 19.5. The molecule has 0 aromatic carbocycles. The molecule has 2 N–H and O–H groups in total. The molecule has 0 radical (unpaired) electrons.